The number of hydrazine groups is 1. The summed E-state index contributed by atoms with van der Waals surface area (Å²) in [6.45, 7) is -0.506. The van der Waals surface area contributed by atoms with Crippen LogP contribution in [0.15, 0.2) is 5.28 Å². The lowest BCUT2D eigenvalue weighted by molar-refractivity contribution is -0.701. The maximum Gasteiger partial charge on any atom is 0.329 e. The van der Waals surface area contributed by atoms with Gasteiger partial charge in [-0.3, -0.25) is 4.79 Å². The Hall–Kier alpha value is -1.53. The van der Waals surface area contributed by atoms with E-state index in [4.69, 9.17) is 10.3 Å². The first-order valence-corrected chi connectivity index (χ1v) is 2.33. The first-order chi connectivity index (χ1) is 4.57. The van der Waals surface area contributed by atoms with Crippen LogP contribution in [0.3, 0.4) is 0 Å². The molecule has 0 aliphatic carbocycles. The van der Waals surface area contributed by atoms with E-state index in [1.807, 2.05) is 0 Å². The molecule has 0 fully saturated rings. The summed E-state index contributed by atoms with van der Waals surface area (Å²) >= 11 is 0. The second-order valence-electron chi connectivity index (χ2n) is 1.55. The van der Waals surface area contributed by atoms with Gasteiger partial charge in [0.25, 0.3) is 0 Å². The Bertz CT molecular complexity index is 156. The van der Waals surface area contributed by atoms with Crippen molar-refractivity contribution in [1.29, 1.82) is 0 Å². The topological polar surface area (TPSA) is 99.2 Å². The molecule has 7 nitrogen and oxygen atoms in total. The Balaban J connectivity index is 3.85. The average Bonchev–Trinajstić information content (AvgIpc) is 1.85. The number of carboxylic acids is 1. The Morgan fingerprint density at radius 3 is 2.70 bits per heavy atom. The van der Waals surface area contributed by atoms with Crippen molar-refractivity contribution in [2.75, 3.05) is 13.6 Å². The van der Waals surface area contributed by atoms with Gasteiger partial charge in [0.1, 0.15) is 0 Å². The Morgan fingerprint density at radius 1 is 1.90 bits per heavy atom. The third kappa shape index (κ3) is 2.70. The molecule has 0 bridgehead atoms. The van der Waals surface area contributed by atoms with Crippen LogP contribution >= 0.6 is 0 Å². The third-order valence-corrected chi connectivity index (χ3v) is 0.733. The van der Waals surface area contributed by atoms with E-state index in [1.54, 1.807) is 0 Å². The van der Waals surface area contributed by atoms with Gasteiger partial charge < -0.3 is 15.5 Å². The van der Waals surface area contributed by atoms with Gasteiger partial charge in [-0.1, -0.05) is 0 Å². The van der Waals surface area contributed by atoms with Gasteiger partial charge in [-0.25, -0.2) is 0 Å². The number of aliphatic carboxylic acids is 1. The van der Waals surface area contributed by atoms with Crippen LogP contribution in [-0.4, -0.2) is 39.9 Å². The van der Waals surface area contributed by atoms with Gasteiger partial charge in [0.15, 0.2) is 6.54 Å². The van der Waals surface area contributed by atoms with Crippen molar-refractivity contribution in [3.8, 4) is 0 Å². The minimum atomic E-state index is -1.17. The van der Waals surface area contributed by atoms with Crippen molar-refractivity contribution in [2.45, 2.75) is 0 Å². The molecule has 0 aliphatic heterocycles. The van der Waals surface area contributed by atoms with Crippen molar-refractivity contribution in [2.24, 2.45) is 5.28 Å². The average molecular weight is 149 g/mol. The van der Waals surface area contributed by atoms with E-state index in [0.29, 0.717) is 5.01 Å². The molecule has 2 N–H and O–H groups in total. The zero-order valence-electron chi connectivity index (χ0n) is 5.26. The second-order valence-corrected chi connectivity index (χ2v) is 1.55. The lowest BCUT2D eigenvalue weighted by Gasteiger charge is -2.07. The molecule has 0 heterocycles. The standard InChI is InChI=1S/C3H7N3O4/c1-5(2-3(7)8)6(10)4-9/h9H,2H2,1H3,(H,7,8)/b6-4-. The molecule has 0 aliphatic rings. The van der Waals surface area contributed by atoms with Crippen LogP contribution in [0.5, 0.6) is 0 Å². The third-order valence-electron chi connectivity index (χ3n) is 0.733. The molecule has 0 rings (SSSR count). The zero-order chi connectivity index (χ0) is 8.15. The van der Waals surface area contributed by atoms with Crippen LogP contribution < -0.4 is 0 Å². The van der Waals surface area contributed by atoms with E-state index in [9.17, 15) is 10.0 Å². The molecule has 0 radical (unpaired) electrons. The summed E-state index contributed by atoms with van der Waals surface area (Å²) in [4.78, 5) is 9.67. The van der Waals surface area contributed by atoms with Gasteiger partial charge >= 0.3 is 5.97 Å². The molecule has 0 amide bonds. The molecule has 58 valence electrons. The number of rotatable bonds is 3. The molecule has 0 spiro atoms. The normalized spacial score (nSPS) is 11.1. The predicted molar refractivity (Wildman–Crippen MR) is 28.1 cm³/mol. The van der Waals surface area contributed by atoms with Crippen LogP contribution in [-0.2, 0) is 4.79 Å². The molecular formula is C3H7N3O4. The fourth-order valence-corrected chi connectivity index (χ4v) is 0.325. The van der Waals surface area contributed by atoms with Crippen molar-refractivity contribution >= 4 is 5.97 Å². The van der Waals surface area contributed by atoms with E-state index in [-0.39, 0.29) is 4.97 Å². The highest BCUT2D eigenvalue weighted by Gasteiger charge is 2.09. The van der Waals surface area contributed by atoms with E-state index in [1.165, 1.54) is 7.05 Å². The molecule has 0 aromatic rings. The van der Waals surface area contributed by atoms with Gasteiger partial charge in [-0.05, 0) is 0 Å². The summed E-state index contributed by atoms with van der Waals surface area (Å²) < 4.78 is 0. The van der Waals surface area contributed by atoms with Gasteiger partial charge in [-0.2, -0.15) is 0 Å². The van der Waals surface area contributed by atoms with Crippen LogP contribution in [0.25, 0.3) is 0 Å². The van der Waals surface area contributed by atoms with Crippen LogP contribution in [0.2, 0.25) is 0 Å². The number of carbonyl (C=O) groups is 1. The highest BCUT2D eigenvalue weighted by atomic mass is 16.6. The predicted octanol–water partition coefficient (Wildman–Crippen LogP) is -0.730. The van der Waals surface area contributed by atoms with E-state index in [2.05, 4.69) is 5.28 Å². The molecule has 0 aromatic carbocycles. The lowest BCUT2D eigenvalue weighted by Crippen LogP contribution is -2.31. The van der Waals surface area contributed by atoms with Gasteiger partial charge in [0, 0.05) is 0 Å². The molecule has 0 aromatic heterocycles. The zero-order valence-corrected chi connectivity index (χ0v) is 5.26. The smallest absolute Gasteiger partial charge is 0.329 e. The fourth-order valence-electron chi connectivity index (χ4n) is 0.325. The number of hydrogen-bond acceptors (Lipinski definition) is 3. The quantitative estimate of drug-likeness (QED) is 0.313. The molecule has 0 unspecified atom stereocenters. The van der Waals surface area contributed by atoms with Crippen molar-refractivity contribution in [1.82, 2.24) is 5.01 Å². The number of nitrogens with zero attached hydrogens (tertiary/aromatic N) is 3. The molecule has 10 heavy (non-hydrogen) atoms. The Morgan fingerprint density at radius 2 is 2.40 bits per heavy atom. The highest BCUT2D eigenvalue weighted by molar-refractivity contribution is 5.68. The molecule has 0 saturated heterocycles. The largest absolute Gasteiger partial charge is 0.569 e. The summed E-state index contributed by atoms with van der Waals surface area (Å²) in [7, 11) is 1.18. The molecular weight excluding hydrogens is 142 g/mol. The summed E-state index contributed by atoms with van der Waals surface area (Å²) in [5.74, 6) is -1.17. The summed E-state index contributed by atoms with van der Waals surface area (Å²) in [6.07, 6.45) is 0. The number of likely N-dealkylation sites (N-methyl/N-ethyl adjacent to an activating group) is 1. The summed E-state index contributed by atoms with van der Waals surface area (Å²) in [5.41, 5.74) is 0. The van der Waals surface area contributed by atoms with Gasteiger partial charge in [0.2, 0.25) is 5.28 Å². The molecule has 0 atom stereocenters. The number of carboxylic acid groups (broad SMARTS) is 1. The van der Waals surface area contributed by atoms with Gasteiger partial charge in [-0.15, -0.1) is 5.01 Å². The Kier molecular flexibility index (Phi) is 2.95. The van der Waals surface area contributed by atoms with Crippen LogP contribution in [0.1, 0.15) is 0 Å². The summed E-state index contributed by atoms with van der Waals surface area (Å²) in [5, 5.41) is 29.0. The second kappa shape index (κ2) is 3.49. The van der Waals surface area contributed by atoms with E-state index >= 15 is 0 Å². The van der Waals surface area contributed by atoms with E-state index < -0.39 is 12.5 Å². The maximum absolute atomic E-state index is 10.2. The Labute approximate surface area is 56.3 Å². The van der Waals surface area contributed by atoms with Gasteiger partial charge in [0.05, 0.1) is 12.0 Å². The van der Waals surface area contributed by atoms with Crippen molar-refractivity contribution in [3.05, 3.63) is 5.21 Å². The van der Waals surface area contributed by atoms with E-state index in [0.717, 1.165) is 0 Å². The fraction of sp³-hybridized carbons (Fsp3) is 0.667. The SMILES string of the molecule is CN(CC(=O)O)/[N+]([O-])=N/O. The molecule has 7 heteroatoms. The van der Waals surface area contributed by atoms with Crippen molar-refractivity contribution in [3.63, 3.8) is 0 Å². The lowest BCUT2D eigenvalue weighted by atomic mass is 10.7. The minimum Gasteiger partial charge on any atom is -0.569 e. The minimum absolute atomic E-state index is 0.228. The molecule has 0 saturated carbocycles. The first kappa shape index (κ1) is 8.47. The summed E-state index contributed by atoms with van der Waals surface area (Å²) in [6, 6.07) is 0. The van der Waals surface area contributed by atoms with Crippen LogP contribution in [0, 0.1) is 5.21 Å². The first-order valence-electron chi connectivity index (χ1n) is 2.33. The van der Waals surface area contributed by atoms with Crippen molar-refractivity contribution < 1.29 is 20.1 Å². The maximum atomic E-state index is 10.2. The highest BCUT2D eigenvalue weighted by Crippen LogP contribution is 1.82. The van der Waals surface area contributed by atoms with Crippen LogP contribution in [0.4, 0.5) is 0 Å². The monoisotopic (exact) mass is 149 g/mol. The number of hydrogen-bond donors (Lipinski definition) is 2.